The Hall–Kier alpha value is -2.74. The maximum absolute atomic E-state index is 12.0. The summed E-state index contributed by atoms with van der Waals surface area (Å²) in [5.74, 6) is -0.307. The number of carbonyl (C=O) groups is 1. The molecule has 0 atom stereocenters. The minimum Gasteiger partial charge on any atom is -0.392 e. The van der Waals surface area contributed by atoms with Gasteiger partial charge in [0.1, 0.15) is 17.9 Å². The first-order valence-electron chi connectivity index (χ1n) is 7.06. The number of aliphatic hydroxyl groups is 1. The Bertz CT molecular complexity index is 739. The van der Waals surface area contributed by atoms with Crippen LogP contribution < -0.4 is 5.32 Å². The van der Waals surface area contributed by atoms with Crippen LogP contribution in [0.2, 0.25) is 0 Å². The second-order valence-corrected chi connectivity index (χ2v) is 5.14. The number of aliphatic hydroxyl groups excluding tert-OH is 1. The van der Waals surface area contributed by atoms with E-state index in [1.807, 2.05) is 18.2 Å². The molecule has 0 radical (unpaired) electrons. The van der Waals surface area contributed by atoms with Crippen LogP contribution in [0.4, 0.5) is 5.69 Å². The molecule has 8 nitrogen and oxygen atoms in total. The summed E-state index contributed by atoms with van der Waals surface area (Å²) in [7, 11) is 0. The standard InChI is InChI=1S/C15H18N4O4/c1-10-15(19(22)23)11(2)18(17-10)8-14(21)16-7-12-5-3-4-6-13(12)9-20/h3-6,20H,7-9H2,1-2H3,(H,16,21). The van der Waals surface area contributed by atoms with E-state index in [1.54, 1.807) is 13.0 Å². The van der Waals surface area contributed by atoms with Crippen molar-refractivity contribution in [1.82, 2.24) is 15.1 Å². The molecule has 2 aromatic rings. The predicted octanol–water partition coefficient (Wildman–Crippen LogP) is 1.22. The van der Waals surface area contributed by atoms with Gasteiger partial charge < -0.3 is 10.4 Å². The van der Waals surface area contributed by atoms with Gasteiger partial charge in [0.15, 0.2) is 0 Å². The molecule has 0 saturated carbocycles. The smallest absolute Gasteiger partial charge is 0.312 e. The highest BCUT2D eigenvalue weighted by Crippen LogP contribution is 2.21. The van der Waals surface area contributed by atoms with Crippen LogP contribution in [-0.2, 0) is 24.5 Å². The van der Waals surface area contributed by atoms with Crippen LogP contribution in [0.15, 0.2) is 24.3 Å². The predicted molar refractivity (Wildman–Crippen MR) is 82.6 cm³/mol. The quantitative estimate of drug-likeness (QED) is 0.614. The van der Waals surface area contributed by atoms with E-state index in [2.05, 4.69) is 10.4 Å². The number of aromatic nitrogens is 2. The summed E-state index contributed by atoms with van der Waals surface area (Å²) in [6.07, 6.45) is 0. The summed E-state index contributed by atoms with van der Waals surface area (Å²) in [6, 6.07) is 7.24. The maximum atomic E-state index is 12.0. The molecule has 1 heterocycles. The van der Waals surface area contributed by atoms with Gasteiger partial charge in [-0.3, -0.25) is 19.6 Å². The Balaban J connectivity index is 2.03. The van der Waals surface area contributed by atoms with Gasteiger partial charge in [-0.05, 0) is 25.0 Å². The van der Waals surface area contributed by atoms with Crippen molar-refractivity contribution in [3.05, 3.63) is 56.9 Å². The minimum absolute atomic E-state index is 0.0663. The van der Waals surface area contributed by atoms with E-state index in [0.29, 0.717) is 5.69 Å². The molecule has 8 heteroatoms. The van der Waals surface area contributed by atoms with Gasteiger partial charge in [0.25, 0.3) is 0 Å². The minimum atomic E-state index is -0.496. The van der Waals surface area contributed by atoms with Crippen LogP contribution >= 0.6 is 0 Å². The molecule has 2 rings (SSSR count). The van der Waals surface area contributed by atoms with Gasteiger partial charge in [-0.25, -0.2) is 0 Å². The van der Waals surface area contributed by atoms with Crippen molar-refractivity contribution in [2.24, 2.45) is 0 Å². The third kappa shape index (κ3) is 3.72. The van der Waals surface area contributed by atoms with Crippen molar-refractivity contribution in [2.45, 2.75) is 33.5 Å². The molecule has 2 N–H and O–H groups in total. The highest BCUT2D eigenvalue weighted by atomic mass is 16.6. The number of hydrogen-bond acceptors (Lipinski definition) is 5. The van der Waals surface area contributed by atoms with Crippen LogP contribution in [-0.4, -0.2) is 25.7 Å². The molecule has 0 aliphatic carbocycles. The number of benzene rings is 1. The van der Waals surface area contributed by atoms with Crippen molar-refractivity contribution in [1.29, 1.82) is 0 Å². The molecule has 122 valence electrons. The molecule has 1 amide bonds. The number of hydrogen-bond donors (Lipinski definition) is 2. The number of nitrogens with zero attached hydrogens (tertiary/aromatic N) is 3. The number of carbonyl (C=O) groups excluding carboxylic acids is 1. The second kappa shape index (κ2) is 7.01. The normalized spacial score (nSPS) is 10.6. The molecule has 0 bridgehead atoms. The summed E-state index contributed by atoms with van der Waals surface area (Å²) in [6.45, 7) is 3.18. The van der Waals surface area contributed by atoms with Gasteiger partial charge in [-0.1, -0.05) is 24.3 Å². The van der Waals surface area contributed by atoms with E-state index >= 15 is 0 Å². The first kappa shape index (κ1) is 16.6. The largest absolute Gasteiger partial charge is 0.392 e. The Labute approximate surface area is 132 Å². The highest BCUT2D eigenvalue weighted by molar-refractivity contribution is 5.75. The number of aryl methyl sites for hydroxylation is 1. The van der Waals surface area contributed by atoms with E-state index in [0.717, 1.165) is 11.1 Å². The van der Waals surface area contributed by atoms with Crippen molar-refractivity contribution in [3.63, 3.8) is 0 Å². The molecular weight excluding hydrogens is 300 g/mol. The highest BCUT2D eigenvalue weighted by Gasteiger charge is 2.22. The zero-order chi connectivity index (χ0) is 17.0. The molecule has 0 unspecified atom stereocenters. The molecule has 1 aromatic heterocycles. The molecule has 0 aliphatic rings. The first-order valence-corrected chi connectivity index (χ1v) is 7.06. The van der Waals surface area contributed by atoms with E-state index in [1.165, 1.54) is 11.6 Å². The average molecular weight is 318 g/mol. The molecule has 0 fully saturated rings. The topological polar surface area (TPSA) is 110 Å². The van der Waals surface area contributed by atoms with Crippen molar-refractivity contribution >= 4 is 11.6 Å². The van der Waals surface area contributed by atoms with Gasteiger partial charge in [-0.2, -0.15) is 5.10 Å². The fraction of sp³-hybridized carbons (Fsp3) is 0.333. The zero-order valence-corrected chi connectivity index (χ0v) is 12.9. The Kier molecular flexibility index (Phi) is 5.07. The first-order chi connectivity index (χ1) is 10.9. The Morgan fingerprint density at radius 2 is 2.00 bits per heavy atom. The number of amides is 1. The molecule has 23 heavy (non-hydrogen) atoms. The van der Waals surface area contributed by atoms with E-state index in [9.17, 15) is 20.0 Å². The summed E-state index contributed by atoms with van der Waals surface area (Å²) in [5.41, 5.74) is 2.13. The van der Waals surface area contributed by atoms with Gasteiger partial charge in [-0.15, -0.1) is 0 Å². The van der Waals surface area contributed by atoms with Crippen LogP contribution in [0.25, 0.3) is 0 Å². The van der Waals surface area contributed by atoms with Gasteiger partial charge in [0, 0.05) is 6.54 Å². The fourth-order valence-corrected chi connectivity index (χ4v) is 2.38. The molecular formula is C15H18N4O4. The van der Waals surface area contributed by atoms with Gasteiger partial charge >= 0.3 is 5.69 Å². The van der Waals surface area contributed by atoms with Gasteiger partial charge in [0.2, 0.25) is 5.91 Å². The summed E-state index contributed by atoms with van der Waals surface area (Å²) in [5, 5.41) is 27.0. The number of nitro groups is 1. The lowest BCUT2D eigenvalue weighted by molar-refractivity contribution is -0.386. The summed E-state index contributed by atoms with van der Waals surface area (Å²) in [4.78, 5) is 22.5. The second-order valence-electron chi connectivity index (χ2n) is 5.14. The van der Waals surface area contributed by atoms with Crippen LogP contribution in [0.5, 0.6) is 0 Å². The van der Waals surface area contributed by atoms with E-state index < -0.39 is 4.92 Å². The lowest BCUT2D eigenvalue weighted by atomic mass is 10.1. The Morgan fingerprint density at radius 1 is 1.35 bits per heavy atom. The van der Waals surface area contributed by atoms with E-state index in [4.69, 9.17) is 0 Å². The lowest BCUT2D eigenvalue weighted by Crippen LogP contribution is -2.28. The van der Waals surface area contributed by atoms with Crippen LogP contribution in [0, 0.1) is 24.0 Å². The van der Waals surface area contributed by atoms with Crippen LogP contribution in [0.1, 0.15) is 22.5 Å². The molecule has 0 aliphatic heterocycles. The summed E-state index contributed by atoms with van der Waals surface area (Å²) >= 11 is 0. The Morgan fingerprint density at radius 3 is 2.57 bits per heavy atom. The number of nitrogens with one attached hydrogen (secondary N) is 1. The lowest BCUT2D eigenvalue weighted by Gasteiger charge is -2.09. The maximum Gasteiger partial charge on any atom is 0.312 e. The summed E-state index contributed by atoms with van der Waals surface area (Å²) < 4.78 is 1.32. The zero-order valence-electron chi connectivity index (χ0n) is 12.9. The van der Waals surface area contributed by atoms with E-state index in [-0.39, 0.29) is 37.0 Å². The van der Waals surface area contributed by atoms with Crippen molar-refractivity contribution < 1.29 is 14.8 Å². The SMILES string of the molecule is Cc1nn(CC(=O)NCc2ccccc2CO)c(C)c1[N+](=O)[O-]. The third-order valence-corrected chi connectivity index (χ3v) is 3.58. The van der Waals surface area contributed by atoms with Gasteiger partial charge in [0.05, 0.1) is 11.5 Å². The third-order valence-electron chi connectivity index (χ3n) is 3.58. The van der Waals surface area contributed by atoms with Crippen molar-refractivity contribution in [3.8, 4) is 0 Å². The molecule has 1 aromatic carbocycles. The molecule has 0 saturated heterocycles. The fourth-order valence-electron chi connectivity index (χ4n) is 2.38. The van der Waals surface area contributed by atoms with Crippen molar-refractivity contribution in [2.75, 3.05) is 0 Å². The number of rotatable bonds is 6. The molecule has 0 spiro atoms. The monoisotopic (exact) mass is 318 g/mol. The average Bonchev–Trinajstić information content (AvgIpc) is 2.79. The van der Waals surface area contributed by atoms with Crippen LogP contribution in [0.3, 0.4) is 0 Å².